The van der Waals surface area contributed by atoms with Crippen LogP contribution in [-0.4, -0.2) is 24.2 Å². The molecule has 0 bridgehead atoms. The second-order valence-electron chi connectivity index (χ2n) is 4.15. The lowest BCUT2D eigenvalue weighted by Gasteiger charge is -2.07. The molecule has 0 saturated carbocycles. The largest absolute Gasteiger partial charge is 0.481 e. The van der Waals surface area contributed by atoms with E-state index >= 15 is 0 Å². The van der Waals surface area contributed by atoms with E-state index < -0.39 is 5.97 Å². The molecule has 0 aliphatic rings. The number of hydrogen-bond donors (Lipinski definition) is 2. The van der Waals surface area contributed by atoms with Crippen molar-refractivity contribution in [2.24, 2.45) is 5.92 Å². The summed E-state index contributed by atoms with van der Waals surface area (Å²) in [6, 6.07) is 6.41. The Morgan fingerprint density at radius 1 is 1.35 bits per heavy atom. The predicted octanol–water partition coefficient (Wildman–Crippen LogP) is 2.07. The Hall–Kier alpha value is -1.42. The molecule has 0 fully saturated rings. The monoisotopic (exact) mass is 239 g/mol. The maximum absolute atomic E-state index is 12.6. The lowest BCUT2D eigenvalue weighted by atomic mass is 10.1. The van der Waals surface area contributed by atoms with Crippen molar-refractivity contribution in [3.05, 3.63) is 35.6 Å². The van der Waals surface area contributed by atoms with Crippen LogP contribution >= 0.6 is 0 Å². The topological polar surface area (TPSA) is 49.3 Å². The first-order valence-electron chi connectivity index (χ1n) is 5.77. The zero-order chi connectivity index (χ0) is 12.7. The second kappa shape index (κ2) is 7.01. The van der Waals surface area contributed by atoms with Gasteiger partial charge in [0.1, 0.15) is 5.82 Å². The number of carboxylic acid groups (broad SMARTS) is 1. The summed E-state index contributed by atoms with van der Waals surface area (Å²) in [4.78, 5) is 10.6. The molecule has 1 unspecified atom stereocenters. The third kappa shape index (κ3) is 5.45. The Labute approximate surface area is 101 Å². The van der Waals surface area contributed by atoms with Crippen LogP contribution < -0.4 is 5.32 Å². The van der Waals surface area contributed by atoms with Crippen LogP contribution in [0.2, 0.25) is 0 Å². The number of carbonyl (C=O) groups is 1. The maximum atomic E-state index is 12.6. The minimum absolute atomic E-state index is 0.225. The quantitative estimate of drug-likeness (QED) is 0.716. The van der Waals surface area contributed by atoms with Crippen molar-refractivity contribution in [1.29, 1.82) is 0 Å². The number of carboxylic acids is 1. The highest BCUT2D eigenvalue weighted by atomic mass is 19.1. The van der Waals surface area contributed by atoms with E-state index in [0.717, 1.165) is 18.5 Å². The molecule has 0 amide bonds. The van der Waals surface area contributed by atoms with Crippen LogP contribution in [0, 0.1) is 11.7 Å². The van der Waals surface area contributed by atoms with E-state index in [1.165, 1.54) is 12.1 Å². The number of aliphatic carboxylic acids is 1. The molecule has 0 heterocycles. The minimum atomic E-state index is -0.759. The van der Waals surface area contributed by atoms with Crippen molar-refractivity contribution in [2.45, 2.75) is 19.8 Å². The molecule has 0 aliphatic carbocycles. The summed E-state index contributed by atoms with van der Waals surface area (Å²) < 4.78 is 12.6. The predicted molar refractivity (Wildman–Crippen MR) is 64.4 cm³/mol. The van der Waals surface area contributed by atoms with Crippen LogP contribution in [0.5, 0.6) is 0 Å². The van der Waals surface area contributed by atoms with E-state index in [-0.39, 0.29) is 11.7 Å². The molecule has 0 radical (unpaired) electrons. The number of nitrogens with one attached hydrogen (secondary N) is 1. The van der Waals surface area contributed by atoms with Gasteiger partial charge in [0.15, 0.2) is 0 Å². The van der Waals surface area contributed by atoms with Crippen LogP contribution in [0.4, 0.5) is 4.39 Å². The fraction of sp³-hybridized carbons (Fsp3) is 0.462. The van der Waals surface area contributed by atoms with Crippen LogP contribution in [0.1, 0.15) is 18.9 Å². The van der Waals surface area contributed by atoms with E-state index in [9.17, 15) is 9.18 Å². The summed E-state index contributed by atoms with van der Waals surface area (Å²) in [5.41, 5.74) is 1.07. The first-order chi connectivity index (χ1) is 8.09. The van der Waals surface area contributed by atoms with Gasteiger partial charge in [-0.15, -0.1) is 0 Å². The summed E-state index contributed by atoms with van der Waals surface area (Å²) in [6.45, 7) is 3.16. The van der Waals surface area contributed by atoms with Gasteiger partial charge < -0.3 is 10.4 Å². The van der Waals surface area contributed by atoms with Gasteiger partial charge in [0.2, 0.25) is 0 Å². The molecule has 1 rings (SSSR count). The lowest BCUT2D eigenvalue weighted by Crippen LogP contribution is -2.22. The van der Waals surface area contributed by atoms with Crippen molar-refractivity contribution in [3.8, 4) is 0 Å². The summed E-state index contributed by atoms with van der Waals surface area (Å²) >= 11 is 0. The molecule has 2 N–H and O–H groups in total. The molecule has 0 aliphatic heterocycles. The summed E-state index contributed by atoms with van der Waals surface area (Å²) in [7, 11) is 0. The molecule has 17 heavy (non-hydrogen) atoms. The molecule has 1 aromatic carbocycles. The van der Waals surface area contributed by atoms with Crippen molar-refractivity contribution >= 4 is 5.97 Å². The molecule has 1 atom stereocenters. The molecular weight excluding hydrogens is 221 g/mol. The maximum Gasteiger partial charge on any atom is 0.306 e. The molecular formula is C13H18FNO2. The average molecular weight is 239 g/mol. The Balaban J connectivity index is 2.12. The van der Waals surface area contributed by atoms with Gasteiger partial charge in [-0.1, -0.05) is 19.1 Å². The first-order valence-corrected chi connectivity index (χ1v) is 5.77. The number of benzene rings is 1. The van der Waals surface area contributed by atoms with Gasteiger partial charge in [0, 0.05) is 0 Å². The smallest absolute Gasteiger partial charge is 0.306 e. The number of halogens is 1. The minimum Gasteiger partial charge on any atom is -0.481 e. The Kier molecular flexibility index (Phi) is 5.63. The van der Waals surface area contributed by atoms with Crippen molar-refractivity contribution in [1.82, 2.24) is 5.32 Å². The zero-order valence-corrected chi connectivity index (χ0v) is 9.95. The van der Waals surface area contributed by atoms with Gasteiger partial charge in [-0.05, 0) is 43.6 Å². The van der Waals surface area contributed by atoms with E-state index in [1.54, 1.807) is 19.1 Å². The molecule has 3 nitrogen and oxygen atoms in total. The van der Waals surface area contributed by atoms with Gasteiger partial charge in [0.25, 0.3) is 0 Å². The van der Waals surface area contributed by atoms with Crippen LogP contribution in [0.15, 0.2) is 24.3 Å². The van der Waals surface area contributed by atoms with Gasteiger partial charge in [-0.25, -0.2) is 4.39 Å². The van der Waals surface area contributed by atoms with Crippen LogP contribution in [0.3, 0.4) is 0 Å². The molecule has 0 spiro atoms. The normalized spacial score (nSPS) is 12.4. The molecule has 0 saturated heterocycles. The van der Waals surface area contributed by atoms with E-state index in [2.05, 4.69) is 5.32 Å². The summed E-state index contributed by atoms with van der Waals surface area (Å²) in [5, 5.41) is 11.9. The number of hydrogen-bond acceptors (Lipinski definition) is 2. The summed E-state index contributed by atoms with van der Waals surface area (Å²) in [5.74, 6) is -1.30. The Morgan fingerprint density at radius 2 is 2.00 bits per heavy atom. The van der Waals surface area contributed by atoms with Gasteiger partial charge in [-0.3, -0.25) is 4.79 Å². The zero-order valence-electron chi connectivity index (χ0n) is 9.95. The second-order valence-corrected chi connectivity index (χ2v) is 4.15. The molecule has 1 aromatic rings. The highest BCUT2D eigenvalue weighted by Crippen LogP contribution is 2.03. The summed E-state index contributed by atoms with van der Waals surface area (Å²) in [6.07, 6.45) is 1.44. The van der Waals surface area contributed by atoms with Gasteiger partial charge in [0.05, 0.1) is 5.92 Å². The first kappa shape index (κ1) is 13.6. The van der Waals surface area contributed by atoms with Gasteiger partial charge >= 0.3 is 5.97 Å². The molecule has 94 valence electrons. The fourth-order valence-electron chi connectivity index (χ4n) is 1.45. The van der Waals surface area contributed by atoms with Crippen molar-refractivity contribution < 1.29 is 14.3 Å². The lowest BCUT2D eigenvalue weighted by molar-refractivity contribution is -0.141. The fourth-order valence-corrected chi connectivity index (χ4v) is 1.45. The Morgan fingerprint density at radius 3 is 2.59 bits per heavy atom. The highest BCUT2D eigenvalue weighted by molar-refractivity contribution is 5.69. The third-order valence-corrected chi connectivity index (χ3v) is 2.68. The van der Waals surface area contributed by atoms with Crippen LogP contribution in [-0.2, 0) is 11.2 Å². The Bertz CT molecular complexity index is 351. The molecule has 4 heteroatoms. The van der Waals surface area contributed by atoms with E-state index in [4.69, 9.17) is 5.11 Å². The third-order valence-electron chi connectivity index (χ3n) is 2.68. The SMILES string of the molecule is CC(CCNCCc1ccc(F)cc1)C(=O)O. The van der Waals surface area contributed by atoms with Crippen molar-refractivity contribution in [3.63, 3.8) is 0 Å². The van der Waals surface area contributed by atoms with Gasteiger partial charge in [-0.2, -0.15) is 0 Å². The van der Waals surface area contributed by atoms with E-state index in [0.29, 0.717) is 13.0 Å². The highest BCUT2D eigenvalue weighted by Gasteiger charge is 2.09. The molecule has 0 aromatic heterocycles. The van der Waals surface area contributed by atoms with Crippen LogP contribution in [0.25, 0.3) is 0 Å². The standard InChI is InChI=1S/C13H18FNO2/c1-10(13(16)17)6-8-15-9-7-11-2-4-12(14)5-3-11/h2-5,10,15H,6-9H2,1H3,(H,16,17). The average Bonchev–Trinajstić information content (AvgIpc) is 2.30. The van der Waals surface area contributed by atoms with E-state index in [1.807, 2.05) is 0 Å². The van der Waals surface area contributed by atoms with Crippen molar-refractivity contribution in [2.75, 3.05) is 13.1 Å². The number of rotatable bonds is 7.